The fourth-order valence-electron chi connectivity index (χ4n) is 3.28. The summed E-state index contributed by atoms with van der Waals surface area (Å²) in [5.41, 5.74) is -0.652. The predicted molar refractivity (Wildman–Crippen MR) is 111 cm³/mol. The summed E-state index contributed by atoms with van der Waals surface area (Å²) in [6.45, 7) is 14.6. The first kappa shape index (κ1) is 27.7. The molecule has 5 nitrogen and oxygen atoms in total. The highest BCUT2D eigenvalue weighted by atomic mass is 19.3. The molecule has 0 aromatic carbocycles. The molecule has 1 atom stereocenters. The molecular weight excluding hydrogens is 366 g/mol. The molecule has 1 heterocycles. The van der Waals surface area contributed by atoms with Gasteiger partial charge in [-0.3, -0.25) is 0 Å². The van der Waals surface area contributed by atoms with Gasteiger partial charge in [0, 0.05) is 26.1 Å². The maximum absolute atomic E-state index is 13.0. The highest BCUT2D eigenvalue weighted by Crippen LogP contribution is 2.60. The minimum absolute atomic E-state index is 0.0296. The molecule has 1 aliphatic carbocycles. The molecule has 1 saturated carbocycles. The number of alkyl halides is 2. The molecule has 0 bridgehead atoms. The van der Waals surface area contributed by atoms with Gasteiger partial charge in [0.1, 0.15) is 0 Å². The molecule has 0 aromatic heterocycles. The molecule has 0 amide bonds. The third kappa shape index (κ3) is 8.99. The second-order valence-electron chi connectivity index (χ2n) is 8.63. The fourth-order valence-corrected chi connectivity index (χ4v) is 3.28. The highest BCUT2D eigenvalue weighted by molar-refractivity contribution is 5.11. The van der Waals surface area contributed by atoms with Gasteiger partial charge in [0.2, 0.25) is 0 Å². The Balaban J connectivity index is 0.000000478. The van der Waals surface area contributed by atoms with E-state index in [2.05, 4.69) is 32.8 Å². The van der Waals surface area contributed by atoms with Crippen LogP contribution in [0.25, 0.3) is 0 Å². The van der Waals surface area contributed by atoms with Crippen molar-refractivity contribution in [3.63, 3.8) is 0 Å². The normalized spacial score (nSPS) is 24.2. The fraction of sp³-hybridized carbons (Fsp3) is 1.00. The number of hydrogen-bond acceptors (Lipinski definition) is 5. The summed E-state index contributed by atoms with van der Waals surface area (Å²) >= 11 is 0. The van der Waals surface area contributed by atoms with E-state index in [9.17, 15) is 8.78 Å². The molecule has 0 N–H and O–H groups in total. The maximum atomic E-state index is 13.0. The van der Waals surface area contributed by atoms with Crippen molar-refractivity contribution in [3.8, 4) is 0 Å². The lowest BCUT2D eigenvalue weighted by atomic mass is 9.86. The third-order valence-electron chi connectivity index (χ3n) is 4.60. The van der Waals surface area contributed by atoms with Gasteiger partial charge in [0.15, 0.2) is 0 Å². The molecule has 1 unspecified atom stereocenters. The van der Waals surface area contributed by atoms with Crippen molar-refractivity contribution in [1.82, 2.24) is 9.80 Å². The van der Waals surface area contributed by atoms with Crippen LogP contribution in [0.1, 0.15) is 41.0 Å². The van der Waals surface area contributed by atoms with Gasteiger partial charge in [-0.2, -0.15) is 0 Å². The van der Waals surface area contributed by atoms with Crippen molar-refractivity contribution in [3.05, 3.63) is 0 Å². The molecule has 2 aliphatic rings. The highest BCUT2D eigenvalue weighted by Gasteiger charge is 2.71. The lowest BCUT2D eigenvalue weighted by Gasteiger charge is -2.43. The van der Waals surface area contributed by atoms with Crippen molar-refractivity contribution < 1.29 is 23.0 Å². The quantitative estimate of drug-likeness (QED) is 0.549. The zero-order valence-corrected chi connectivity index (χ0v) is 19.6. The smallest absolute Gasteiger partial charge is 0.258 e. The van der Waals surface area contributed by atoms with Crippen LogP contribution in [-0.4, -0.2) is 96.1 Å². The summed E-state index contributed by atoms with van der Waals surface area (Å²) in [5, 5.41) is 0. The van der Waals surface area contributed by atoms with Crippen LogP contribution in [0.15, 0.2) is 0 Å². The average Bonchev–Trinajstić information content (AvgIpc) is 3.09. The molecule has 170 valence electrons. The Morgan fingerprint density at radius 2 is 1.46 bits per heavy atom. The first-order valence-electron chi connectivity index (χ1n) is 10.4. The largest absolute Gasteiger partial charge is 0.381 e. The van der Waals surface area contributed by atoms with Crippen LogP contribution < -0.4 is 0 Å². The van der Waals surface area contributed by atoms with E-state index in [1.807, 2.05) is 34.9 Å². The Kier molecular flexibility index (Phi) is 12.2. The summed E-state index contributed by atoms with van der Waals surface area (Å²) in [6.07, 6.45) is 0.290. The van der Waals surface area contributed by atoms with Gasteiger partial charge >= 0.3 is 0 Å². The van der Waals surface area contributed by atoms with E-state index in [0.717, 1.165) is 26.4 Å². The van der Waals surface area contributed by atoms with Crippen LogP contribution >= 0.6 is 0 Å². The van der Waals surface area contributed by atoms with E-state index in [-0.39, 0.29) is 18.4 Å². The number of rotatable bonds is 10. The third-order valence-corrected chi connectivity index (χ3v) is 4.60. The molecule has 1 aliphatic heterocycles. The molecule has 28 heavy (non-hydrogen) atoms. The van der Waals surface area contributed by atoms with Crippen LogP contribution in [0, 0.1) is 10.8 Å². The number of hydrogen-bond donors (Lipinski definition) is 0. The topological polar surface area (TPSA) is 34.2 Å². The van der Waals surface area contributed by atoms with Gasteiger partial charge in [-0.25, -0.2) is 8.78 Å². The van der Waals surface area contributed by atoms with Crippen LogP contribution in [-0.2, 0) is 14.2 Å². The van der Waals surface area contributed by atoms with Gasteiger partial charge in [-0.15, -0.1) is 0 Å². The van der Waals surface area contributed by atoms with Crippen LogP contribution in [0.4, 0.5) is 8.78 Å². The van der Waals surface area contributed by atoms with E-state index in [4.69, 9.17) is 14.2 Å². The van der Waals surface area contributed by atoms with Crippen molar-refractivity contribution in [1.29, 1.82) is 0 Å². The summed E-state index contributed by atoms with van der Waals surface area (Å²) < 4.78 is 42.1. The molecule has 1 saturated heterocycles. The van der Waals surface area contributed by atoms with Crippen molar-refractivity contribution in [2.45, 2.75) is 53.1 Å². The van der Waals surface area contributed by atoms with E-state index in [1.165, 1.54) is 0 Å². The molecular formula is C21H44F2N2O3. The van der Waals surface area contributed by atoms with Gasteiger partial charge in [0.25, 0.3) is 5.92 Å². The second-order valence-corrected chi connectivity index (χ2v) is 8.63. The average molecular weight is 411 g/mol. The van der Waals surface area contributed by atoms with Gasteiger partial charge in [0.05, 0.1) is 43.4 Å². The van der Waals surface area contributed by atoms with Gasteiger partial charge in [-0.1, -0.05) is 13.8 Å². The molecule has 2 rings (SSSR count). The molecule has 0 aromatic rings. The van der Waals surface area contributed by atoms with E-state index in [1.54, 1.807) is 4.90 Å². The Hall–Kier alpha value is -0.340. The molecule has 0 radical (unpaired) electrons. The van der Waals surface area contributed by atoms with Crippen molar-refractivity contribution in [2.75, 3.05) is 74.3 Å². The minimum Gasteiger partial charge on any atom is -0.381 e. The summed E-state index contributed by atoms with van der Waals surface area (Å²) in [7, 11) is 7.80. The SMILES string of the molecule is CC.CC(C)OCC1(CN(C)C)COC1.CCOCC1(CN(C)C)CC1(F)F. The molecule has 2 fully saturated rings. The van der Waals surface area contributed by atoms with E-state index >= 15 is 0 Å². The van der Waals surface area contributed by atoms with E-state index < -0.39 is 11.3 Å². The van der Waals surface area contributed by atoms with Crippen LogP contribution in [0.2, 0.25) is 0 Å². The van der Waals surface area contributed by atoms with Crippen LogP contribution in [0.5, 0.6) is 0 Å². The Bertz CT molecular complexity index is 416. The minimum atomic E-state index is -2.52. The number of ether oxygens (including phenoxy) is 3. The molecule has 0 spiro atoms. The summed E-state index contributed by atoms with van der Waals surface area (Å²) in [5.74, 6) is -2.52. The van der Waals surface area contributed by atoms with Gasteiger partial charge < -0.3 is 24.0 Å². The Morgan fingerprint density at radius 3 is 1.75 bits per heavy atom. The van der Waals surface area contributed by atoms with Crippen molar-refractivity contribution >= 4 is 0 Å². The predicted octanol–water partition coefficient (Wildman–Crippen LogP) is 3.63. The van der Waals surface area contributed by atoms with Crippen molar-refractivity contribution in [2.24, 2.45) is 10.8 Å². The lowest BCUT2D eigenvalue weighted by molar-refractivity contribution is -0.162. The first-order chi connectivity index (χ1) is 13.0. The summed E-state index contributed by atoms with van der Waals surface area (Å²) in [6, 6.07) is 0. The monoisotopic (exact) mass is 410 g/mol. The zero-order chi connectivity index (χ0) is 22.0. The zero-order valence-electron chi connectivity index (χ0n) is 19.6. The first-order valence-corrected chi connectivity index (χ1v) is 10.4. The van der Waals surface area contributed by atoms with Crippen LogP contribution in [0.3, 0.4) is 0 Å². The number of nitrogens with zero attached hydrogens (tertiary/aromatic N) is 2. The standard InChI is InChI=1S/C10H21NO2.C9H17F2NO.C2H6/c1-9(2)13-8-10(5-11(3)4)6-12-7-10;1-4-13-7-8(6-12(2)3)5-9(8,10)11;1-2/h9H,5-8H2,1-4H3;4-7H2,1-3H3;1-2H3. The Morgan fingerprint density at radius 1 is 0.964 bits per heavy atom. The second kappa shape index (κ2) is 12.4. The molecule has 7 heteroatoms. The summed E-state index contributed by atoms with van der Waals surface area (Å²) in [4.78, 5) is 3.99. The lowest BCUT2D eigenvalue weighted by Crippen LogP contribution is -2.52. The van der Waals surface area contributed by atoms with E-state index in [0.29, 0.717) is 19.3 Å². The maximum Gasteiger partial charge on any atom is 0.258 e. The number of halogens is 2. The van der Waals surface area contributed by atoms with Gasteiger partial charge in [-0.05, 0) is 49.0 Å². The Labute approximate surface area is 171 Å².